The van der Waals surface area contributed by atoms with Gasteiger partial charge < -0.3 is 15.7 Å². The van der Waals surface area contributed by atoms with E-state index in [0.29, 0.717) is 11.4 Å². The number of carboxylic acids is 1. The number of aromatic carboxylic acids is 1. The quantitative estimate of drug-likeness (QED) is 0.788. The summed E-state index contributed by atoms with van der Waals surface area (Å²) in [7, 11) is 1.89. The smallest absolute Gasteiger partial charge is 0.337 e. The van der Waals surface area contributed by atoms with E-state index in [1.54, 1.807) is 30.0 Å². The second-order valence-electron chi connectivity index (χ2n) is 4.00. The predicted molar refractivity (Wildman–Crippen MR) is 74.1 cm³/mol. The van der Waals surface area contributed by atoms with Gasteiger partial charge in [-0.05, 0) is 31.4 Å². The van der Waals surface area contributed by atoms with Gasteiger partial charge in [-0.25, -0.2) is 4.79 Å². The number of nitrogens with two attached hydrogens (primary N) is 1. The van der Waals surface area contributed by atoms with Crippen molar-refractivity contribution in [1.29, 1.82) is 0 Å². The standard InChI is InChI=1S/C12H18N2O2S/c1-8(7-17-3)14(2)11-6-9(13)4-5-10(11)12(15)16/h4-6,8H,7,13H2,1-3H3,(H,15,16). The van der Waals surface area contributed by atoms with E-state index < -0.39 is 5.97 Å². The predicted octanol–water partition coefficient (Wildman–Crippen LogP) is 2.15. The van der Waals surface area contributed by atoms with Gasteiger partial charge in [0, 0.05) is 24.5 Å². The van der Waals surface area contributed by atoms with E-state index in [1.165, 1.54) is 0 Å². The van der Waals surface area contributed by atoms with Gasteiger partial charge in [0.25, 0.3) is 0 Å². The first-order valence-corrected chi connectivity index (χ1v) is 6.71. The Labute approximate surface area is 106 Å². The highest BCUT2D eigenvalue weighted by molar-refractivity contribution is 7.98. The van der Waals surface area contributed by atoms with Gasteiger partial charge in [0.05, 0.1) is 11.3 Å². The molecule has 0 bridgehead atoms. The first kappa shape index (κ1) is 13.7. The van der Waals surface area contributed by atoms with Crippen LogP contribution in [0.25, 0.3) is 0 Å². The van der Waals surface area contributed by atoms with E-state index >= 15 is 0 Å². The minimum Gasteiger partial charge on any atom is -0.478 e. The Morgan fingerprint density at radius 3 is 2.76 bits per heavy atom. The molecular formula is C12H18N2O2S. The minimum absolute atomic E-state index is 0.255. The Balaban J connectivity index is 3.10. The summed E-state index contributed by atoms with van der Waals surface area (Å²) in [4.78, 5) is 13.1. The number of rotatable bonds is 5. The van der Waals surface area contributed by atoms with Crippen molar-refractivity contribution in [2.75, 3.05) is 29.7 Å². The van der Waals surface area contributed by atoms with E-state index in [9.17, 15) is 4.79 Å². The normalized spacial score (nSPS) is 12.2. The van der Waals surface area contributed by atoms with Gasteiger partial charge in [0.15, 0.2) is 0 Å². The Kier molecular flexibility index (Phi) is 4.69. The number of hydrogen-bond donors (Lipinski definition) is 2. The summed E-state index contributed by atoms with van der Waals surface area (Å²) in [6.45, 7) is 2.06. The Bertz CT molecular complexity index is 409. The molecule has 4 nitrogen and oxygen atoms in total. The second-order valence-corrected chi connectivity index (χ2v) is 4.91. The number of benzene rings is 1. The lowest BCUT2D eigenvalue weighted by Gasteiger charge is -2.28. The van der Waals surface area contributed by atoms with Crippen LogP contribution in [0.15, 0.2) is 18.2 Å². The Hall–Kier alpha value is -1.36. The molecule has 1 unspecified atom stereocenters. The van der Waals surface area contributed by atoms with Crippen molar-refractivity contribution in [3.8, 4) is 0 Å². The number of carbonyl (C=O) groups is 1. The topological polar surface area (TPSA) is 66.6 Å². The molecule has 1 aromatic rings. The molecule has 0 radical (unpaired) electrons. The van der Waals surface area contributed by atoms with E-state index in [2.05, 4.69) is 6.92 Å². The van der Waals surface area contributed by atoms with Crippen molar-refractivity contribution in [1.82, 2.24) is 0 Å². The van der Waals surface area contributed by atoms with Gasteiger partial charge in [0.2, 0.25) is 0 Å². The van der Waals surface area contributed by atoms with Gasteiger partial charge in [-0.3, -0.25) is 0 Å². The molecule has 94 valence electrons. The van der Waals surface area contributed by atoms with Crippen molar-refractivity contribution in [3.63, 3.8) is 0 Å². The number of nitrogens with zero attached hydrogens (tertiary/aromatic N) is 1. The minimum atomic E-state index is -0.928. The number of anilines is 2. The van der Waals surface area contributed by atoms with Crippen LogP contribution in [0, 0.1) is 0 Å². The molecule has 1 rings (SSSR count). The molecular weight excluding hydrogens is 236 g/mol. The number of hydrogen-bond acceptors (Lipinski definition) is 4. The number of thioether (sulfide) groups is 1. The highest BCUT2D eigenvalue weighted by Gasteiger charge is 2.17. The molecule has 0 spiro atoms. The molecule has 0 heterocycles. The number of carboxylic acid groups (broad SMARTS) is 1. The van der Waals surface area contributed by atoms with Crippen LogP contribution in [0.5, 0.6) is 0 Å². The molecule has 17 heavy (non-hydrogen) atoms. The van der Waals surface area contributed by atoms with Gasteiger partial charge >= 0.3 is 5.97 Å². The molecule has 0 saturated heterocycles. The van der Waals surface area contributed by atoms with Crippen molar-refractivity contribution >= 4 is 29.1 Å². The van der Waals surface area contributed by atoms with Gasteiger partial charge in [-0.15, -0.1) is 0 Å². The summed E-state index contributed by atoms with van der Waals surface area (Å²) in [6.07, 6.45) is 2.03. The zero-order valence-corrected chi connectivity index (χ0v) is 11.1. The van der Waals surface area contributed by atoms with Crippen LogP contribution in [0.2, 0.25) is 0 Å². The van der Waals surface area contributed by atoms with Crippen LogP contribution in [-0.4, -0.2) is 36.2 Å². The zero-order chi connectivity index (χ0) is 13.0. The second kappa shape index (κ2) is 5.82. The first-order chi connectivity index (χ1) is 7.97. The third-order valence-corrected chi connectivity index (χ3v) is 3.52. The van der Waals surface area contributed by atoms with Gasteiger partial charge in [0.1, 0.15) is 0 Å². The van der Waals surface area contributed by atoms with E-state index in [4.69, 9.17) is 10.8 Å². The first-order valence-electron chi connectivity index (χ1n) is 5.32. The molecule has 5 heteroatoms. The Morgan fingerprint density at radius 2 is 2.24 bits per heavy atom. The van der Waals surface area contributed by atoms with Crippen LogP contribution in [-0.2, 0) is 0 Å². The molecule has 0 amide bonds. The highest BCUT2D eigenvalue weighted by Crippen LogP contribution is 2.25. The monoisotopic (exact) mass is 254 g/mol. The maximum absolute atomic E-state index is 11.1. The van der Waals surface area contributed by atoms with Crippen LogP contribution in [0.3, 0.4) is 0 Å². The Morgan fingerprint density at radius 1 is 1.59 bits per heavy atom. The fourth-order valence-electron chi connectivity index (χ4n) is 1.61. The molecule has 1 atom stereocenters. The largest absolute Gasteiger partial charge is 0.478 e. The van der Waals surface area contributed by atoms with Crippen LogP contribution >= 0.6 is 11.8 Å². The molecule has 0 aliphatic rings. The summed E-state index contributed by atoms with van der Waals surface area (Å²) >= 11 is 1.73. The highest BCUT2D eigenvalue weighted by atomic mass is 32.2. The molecule has 0 saturated carbocycles. The average molecular weight is 254 g/mol. The third-order valence-electron chi connectivity index (χ3n) is 2.70. The van der Waals surface area contributed by atoms with E-state index in [1.807, 2.05) is 18.2 Å². The third kappa shape index (κ3) is 3.30. The van der Waals surface area contributed by atoms with Crippen molar-refractivity contribution < 1.29 is 9.90 Å². The van der Waals surface area contributed by atoms with Crippen molar-refractivity contribution in [2.45, 2.75) is 13.0 Å². The lowest BCUT2D eigenvalue weighted by Crippen LogP contribution is -2.32. The summed E-state index contributed by atoms with van der Waals surface area (Å²) < 4.78 is 0. The van der Waals surface area contributed by atoms with Crippen LogP contribution < -0.4 is 10.6 Å². The van der Waals surface area contributed by atoms with Gasteiger partial charge in [-0.2, -0.15) is 11.8 Å². The maximum Gasteiger partial charge on any atom is 0.337 e. The molecule has 3 N–H and O–H groups in total. The summed E-state index contributed by atoms with van der Waals surface area (Å²) in [6, 6.07) is 5.13. The SMILES string of the molecule is CSCC(C)N(C)c1cc(N)ccc1C(=O)O. The van der Waals surface area contributed by atoms with Crippen molar-refractivity contribution in [2.24, 2.45) is 0 Å². The summed E-state index contributed by atoms with van der Waals surface area (Å²) in [5.74, 6) is 0.00729. The zero-order valence-electron chi connectivity index (χ0n) is 10.3. The van der Waals surface area contributed by atoms with E-state index in [-0.39, 0.29) is 11.6 Å². The molecule has 1 aromatic carbocycles. The summed E-state index contributed by atoms with van der Waals surface area (Å²) in [5, 5.41) is 9.14. The number of nitrogen functional groups attached to an aromatic ring is 1. The van der Waals surface area contributed by atoms with Crippen LogP contribution in [0.1, 0.15) is 17.3 Å². The molecule has 0 aromatic heterocycles. The fourth-order valence-corrected chi connectivity index (χ4v) is 2.32. The lowest BCUT2D eigenvalue weighted by molar-refractivity contribution is 0.0697. The fraction of sp³-hybridized carbons (Fsp3) is 0.417. The van der Waals surface area contributed by atoms with Crippen LogP contribution in [0.4, 0.5) is 11.4 Å². The molecule has 0 fully saturated rings. The van der Waals surface area contributed by atoms with Gasteiger partial charge in [-0.1, -0.05) is 0 Å². The molecule has 0 aliphatic carbocycles. The lowest BCUT2D eigenvalue weighted by atomic mass is 10.1. The van der Waals surface area contributed by atoms with Crippen molar-refractivity contribution in [3.05, 3.63) is 23.8 Å². The molecule has 0 aliphatic heterocycles. The maximum atomic E-state index is 11.1. The average Bonchev–Trinajstić information content (AvgIpc) is 2.27. The summed E-state index contributed by atoms with van der Waals surface area (Å²) in [5.41, 5.74) is 7.24. The van der Waals surface area contributed by atoms with E-state index in [0.717, 1.165) is 5.75 Å².